The van der Waals surface area contributed by atoms with Gasteiger partial charge in [-0.1, -0.05) is 18.2 Å². The molecule has 4 rings (SSSR count). The number of hydrogen-bond acceptors (Lipinski definition) is 6. The van der Waals surface area contributed by atoms with Crippen LogP contribution in [0.5, 0.6) is 11.5 Å². The number of anilines is 1. The Balaban J connectivity index is 0.00000171. The van der Waals surface area contributed by atoms with Gasteiger partial charge in [0.05, 0.1) is 12.0 Å². The first kappa shape index (κ1) is 25.9. The number of aliphatic hydroxyl groups excluding tert-OH is 1. The molecule has 172 valence electrons. The first-order valence-corrected chi connectivity index (χ1v) is 11.3. The van der Waals surface area contributed by atoms with E-state index in [0.29, 0.717) is 6.61 Å². The number of aliphatic hydroxyl groups is 1. The van der Waals surface area contributed by atoms with Gasteiger partial charge in [-0.3, -0.25) is 4.90 Å². The minimum Gasteiger partial charge on any atom is -0.497 e. The zero-order valence-corrected chi connectivity index (χ0v) is 20.3. The fourth-order valence-electron chi connectivity index (χ4n) is 3.99. The van der Waals surface area contributed by atoms with Crippen LogP contribution in [0.15, 0.2) is 53.4 Å². The number of methoxy groups -OCH3 is 1. The molecule has 8 heteroatoms. The number of hydrogen-bond donors (Lipinski definition) is 1. The maximum Gasteiger partial charge on any atom is 0.133 e. The number of thioether (sulfide) groups is 1. The van der Waals surface area contributed by atoms with Crippen LogP contribution < -0.4 is 14.4 Å². The molecule has 2 aromatic carbocycles. The van der Waals surface area contributed by atoms with Gasteiger partial charge < -0.3 is 19.5 Å². The van der Waals surface area contributed by atoms with Crippen LogP contribution in [0.1, 0.15) is 12.8 Å². The third-order valence-corrected chi connectivity index (χ3v) is 7.15. The Bertz CT molecular complexity index is 792. The second kappa shape index (κ2) is 12.7. The monoisotopic (exact) mass is 486 g/mol. The Labute approximate surface area is 201 Å². The quantitative estimate of drug-likeness (QED) is 0.654. The van der Waals surface area contributed by atoms with Crippen molar-refractivity contribution in [3.8, 4) is 11.5 Å². The van der Waals surface area contributed by atoms with E-state index in [2.05, 4.69) is 40.1 Å². The molecule has 0 aliphatic carbocycles. The first-order chi connectivity index (χ1) is 14.2. The van der Waals surface area contributed by atoms with E-state index in [9.17, 15) is 5.11 Å². The van der Waals surface area contributed by atoms with Gasteiger partial charge in [0.1, 0.15) is 24.2 Å². The van der Waals surface area contributed by atoms with Gasteiger partial charge in [-0.25, -0.2) is 0 Å². The molecule has 0 saturated carbocycles. The summed E-state index contributed by atoms with van der Waals surface area (Å²) in [5.74, 6) is 1.67. The van der Waals surface area contributed by atoms with Crippen LogP contribution in [0.25, 0.3) is 0 Å². The second-order valence-electron chi connectivity index (χ2n) is 7.65. The summed E-state index contributed by atoms with van der Waals surface area (Å²) in [6.07, 6.45) is 1.61. The molecule has 31 heavy (non-hydrogen) atoms. The lowest BCUT2D eigenvalue weighted by Gasteiger charge is -2.36. The van der Waals surface area contributed by atoms with Crippen molar-refractivity contribution in [2.24, 2.45) is 0 Å². The lowest BCUT2D eigenvalue weighted by molar-refractivity contribution is 0.103. The van der Waals surface area contributed by atoms with Gasteiger partial charge in [0.15, 0.2) is 0 Å². The van der Waals surface area contributed by atoms with Gasteiger partial charge in [-0.05, 0) is 49.7 Å². The summed E-state index contributed by atoms with van der Waals surface area (Å²) in [6.45, 7) is 5.78. The van der Waals surface area contributed by atoms with E-state index in [1.54, 1.807) is 18.9 Å². The molecule has 2 aliphatic heterocycles. The molecule has 2 aliphatic rings. The van der Waals surface area contributed by atoms with E-state index >= 15 is 0 Å². The Morgan fingerprint density at radius 2 is 1.81 bits per heavy atom. The number of piperazine rings is 1. The summed E-state index contributed by atoms with van der Waals surface area (Å²) in [7, 11) is 1.67. The number of fused-ring (bicyclic) bond motifs is 1. The molecule has 2 heterocycles. The normalized spacial score (nSPS) is 21.0. The van der Waals surface area contributed by atoms with E-state index in [-0.39, 0.29) is 30.1 Å². The Morgan fingerprint density at radius 3 is 2.52 bits per heavy atom. The van der Waals surface area contributed by atoms with Crippen molar-refractivity contribution in [2.45, 2.75) is 29.1 Å². The van der Waals surface area contributed by atoms with Crippen molar-refractivity contribution < 1.29 is 14.6 Å². The van der Waals surface area contributed by atoms with Crippen molar-refractivity contribution in [1.29, 1.82) is 0 Å². The molecular weight excluding hydrogens is 455 g/mol. The van der Waals surface area contributed by atoms with Gasteiger partial charge in [0.25, 0.3) is 0 Å². The summed E-state index contributed by atoms with van der Waals surface area (Å²) in [5, 5.41) is 10.7. The van der Waals surface area contributed by atoms with Gasteiger partial charge >= 0.3 is 0 Å². The standard InChI is InChI=1S/C23H30N2O3S.2ClH/c1-27-19-9-10-21-23(16-19)29-22(20(26)17-28-21)8-5-11-24-12-14-25(15-13-24)18-6-3-2-4-7-18;;/h2-4,6-7,9-10,16,20,22,26H,5,8,11-15,17H2,1H3;2*1H/t20-,22+;;/m0../s1. The molecule has 5 nitrogen and oxygen atoms in total. The van der Waals surface area contributed by atoms with E-state index in [0.717, 1.165) is 62.0 Å². The molecule has 0 amide bonds. The Morgan fingerprint density at radius 1 is 1.06 bits per heavy atom. The molecule has 2 aromatic rings. The highest BCUT2D eigenvalue weighted by Crippen LogP contribution is 2.40. The highest BCUT2D eigenvalue weighted by Gasteiger charge is 2.27. The summed E-state index contributed by atoms with van der Waals surface area (Å²) < 4.78 is 11.1. The van der Waals surface area contributed by atoms with Crippen LogP contribution in [0.2, 0.25) is 0 Å². The van der Waals surface area contributed by atoms with Crippen molar-refractivity contribution >= 4 is 42.3 Å². The van der Waals surface area contributed by atoms with Gasteiger partial charge in [0.2, 0.25) is 0 Å². The smallest absolute Gasteiger partial charge is 0.133 e. The minimum atomic E-state index is -0.451. The number of ether oxygens (including phenoxy) is 2. The zero-order chi connectivity index (χ0) is 20.1. The fraction of sp³-hybridized carbons (Fsp3) is 0.478. The van der Waals surface area contributed by atoms with E-state index in [4.69, 9.17) is 9.47 Å². The highest BCUT2D eigenvalue weighted by molar-refractivity contribution is 8.00. The summed E-state index contributed by atoms with van der Waals surface area (Å²) >= 11 is 1.72. The van der Waals surface area contributed by atoms with Crippen molar-refractivity contribution in [2.75, 3.05) is 51.3 Å². The van der Waals surface area contributed by atoms with E-state index in [1.165, 1.54) is 5.69 Å². The van der Waals surface area contributed by atoms with Gasteiger partial charge in [-0.2, -0.15) is 0 Å². The largest absolute Gasteiger partial charge is 0.497 e. The van der Waals surface area contributed by atoms with Crippen molar-refractivity contribution in [3.63, 3.8) is 0 Å². The molecule has 0 aromatic heterocycles. The van der Waals surface area contributed by atoms with E-state index < -0.39 is 6.10 Å². The van der Waals surface area contributed by atoms with E-state index in [1.807, 2.05) is 18.2 Å². The molecule has 1 saturated heterocycles. The molecule has 2 atom stereocenters. The zero-order valence-electron chi connectivity index (χ0n) is 17.8. The SMILES string of the molecule is COc1ccc2c(c1)S[C@H](CCCN1CCN(c3ccccc3)CC1)[C@@H](O)CO2.Cl.Cl. The Kier molecular flexibility index (Phi) is 10.6. The van der Waals surface area contributed by atoms with Crippen molar-refractivity contribution in [3.05, 3.63) is 48.5 Å². The van der Waals surface area contributed by atoms with Gasteiger partial charge in [0, 0.05) is 37.1 Å². The summed E-state index contributed by atoms with van der Waals surface area (Å²) in [4.78, 5) is 6.06. The number of para-hydroxylation sites is 1. The molecule has 0 spiro atoms. The molecule has 1 fully saturated rings. The molecule has 0 unspecified atom stereocenters. The topological polar surface area (TPSA) is 45.2 Å². The van der Waals surface area contributed by atoms with Crippen LogP contribution in [0.4, 0.5) is 5.69 Å². The third kappa shape index (κ3) is 6.83. The van der Waals surface area contributed by atoms with Crippen molar-refractivity contribution in [1.82, 2.24) is 4.90 Å². The minimum absolute atomic E-state index is 0. The average molecular weight is 487 g/mol. The number of nitrogens with zero attached hydrogens (tertiary/aromatic N) is 2. The molecule has 0 bridgehead atoms. The highest BCUT2D eigenvalue weighted by atomic mass is 35.5. The lowest BCUT2D eigenvalue weighted by Crippen LogP contribution is -2.46. The molecule has 0 radical (unpaired) electrons. The molecular formula is C23H32Cl2N2O3S. The van der Waals surface area contributed by atoms with Crippen LogP contribution in [-0.2, 0) is 0 Å². The summed E-state index contributed by atoms with van der Waals surface area (Å²) in [5.41, 5.74) is 1.32. The first-order valence-electron chi connectivity index (χ1n) is 10.4. The maximum atomic E-state index is 10.5. The van der Waals surface area contributed by atoms with Crippen LogP contribution in [-0.4, -0.2) is 67.8 Å². The predicted octanol–water partition coefficient (Wildman–Crippen LogP) is 4.36. The Hall–Kier alpha value is -1.31. The average Bonchev–Trinajstić information content (AvgIpc) is 2.93. The number of benzene rings is 2. The second-order valence-corrected chi connectivity index (χ2v) is 8.93. The number of halogens is 2. The molecule has 1 N–H and O–H groups in total. The third-order valence-electron chi connectivity index (χ3n) is 5.72. The van der Waals surface area contributed by atoms with Gasteiger partial charge in [-0.15, -0.1) is 36.6 Å². The van der Waals surface area contributed by atoms with Crippen LogP contribution in [0, 0.1) is 0 Å². The number of rotatable bonds is 6. The maximum absolute atomic E-state index is 10.5. The summed E-state index contributed by atoms with van der Waals surface area (Å²) in [6, 6.07) is 16.5. The van der Waals surface area contributed by atoms with Crippen LogP contribution in [0.3, 0.4) is 0 Å². The predicted molar refractivity (Wildman–Crippen MR) is 133 cm³/mol. The lowest BCUT2D eigenvalue weighted by atomic mass is 10.1. The fourth-order valence-corrected chi connectivity index (χ4v) is 5.26. The van der Waals surface area contributed by atoms with Crippen LogP contribution >= 0.6 is 36.6 Å².